The average molecular weight is 284 g/mol. The summed E-state index contributed by atoms with van der Waals surface area (Å²) < 4.78 is 11.1. The standard InChI is InChI=1S/C17H16O4/c1-10-13(20-2)9-15-16(17(10)19)12(18)8-14(21-15)11-6-4-3-5-7-11/h3-7,9,14,19H,8H2,1-2H3/t14-/m1/s1. The second-order valence-corrected chi connectivity index (χ2v) is 5.07. The lowest BCUT2D eigenvalue weighted by molar-refractivity contribution is 0.0844. The molecule has 21 heavy (non-hydrogen) atoms. The lowest BCUT2D eigenvalue weighted by Crippen LogP contribution is -2.20. The van der Waals surface area contributed by atoms with Crippen molar-refractivity contribution in [1.29, 1.82) is 0 Å². The van der Waals surface area contributed by atoms with Crippen molar-refractivity contribution < 1.29 is 19.4 Å². The molecule has 1 N–H and O–H groups in total. The van der Waals surface area contributed by atoms with Crippen molar-refractivity contribution in [1.82, 2.24) is 0 Å². The molecular weight excluding hydrogens is 268 g/mol. The summed E-state index contributed by atoms with van der Waals surface area (Å²) in [5.41, 5.74) is 1.74. The molecule has 0 spiro atoms. The first kappa shape index (κ1) is 13.5. The first-order valence-corrected chi connectivity index (χ1v) is 6.77. The first-order chi connectivity index (χ1) is 10.1. The summed E-state index contributed by atoms with van der Waals surface area (Å²) in [6.07, 6.45) is -0.117. The molecule has 1 aliphatic heterocycles. The molecule has 0 saturated carbocycles. The zero-order valence-corrected chi connectivity index (χ0v) is 11.9. The summed E-state index contributed by atoms with van der Waals surface area (Å²) >= 11 is 0. The summed E-state index contributed by atoms with van der Waals surface area (Å²) in [5.74, 6) is 0.710. The van der Waals surface area contributed by atoms with Crippen molar-refractivity contribution in [3.63, 3.8) is 0 Å². The van der Waals surface area contributed by atoms with Crippen LogP contribution in [0, 0.1) is 6.92 Å². The quantitative estimate of drug-likeness (QED) is 0.918. The van der Waals surface area contributed by atoms with Crippen molar-refractivity contribution in [2.45, 2.75) is 19.4 Å². The van der Waals surface area contributed by atoms with Crippen molar-refractivity contribution >= 4 is 5.78 Å². The SMILES string of the molecule is COc1cc2c(c(O)c1C)C(=O)C[C@H](c1ccccc1)O2. The number of hydrogen-bond donors (Lipinski definition) is 1. The Hall–Kier alpha value is -2.49. The number of fused-ring (bicyclic) bond motifs is 1. The lowest BCUT2D eigenvalue weighted by Gasteiger charge is -2.27. The van der Waals surface area contributed by atoms with Gasteiger partial charge in [0.15, 0.2) is 5.78 Å². The van der Waals surface area contributed by atoms with Gasteiger partial charge in [-0.2, -0.15) is 0 Å². The van der Waals surface area contributed by atoms with E-state index in [2.05, 4.69) is 0 Å². The number of aromatic hydroxyl groups is 1. The molecule has 0 bridgehead atoms. The fourth-order valence-corrected chi connectivity index (χ4v) is 2.61. The summed E-state index contributed by atoms with van der Waals surface area (Å²) in [6.45, 7) is 1.71. The molecule has 0 radical (unpaired) electrons. The molecule has 1 aliphatic rings. The Balaban J connectivity index is 2.06. The molecule has 1 atom stereocenters. The van der Waals surface area contributed by atoms with Gasteiger partial charge in [0.25, 0.3) is 0 Å². The Kier molecular flexibility index (Phi) is 3.29. The van der Waals surface area contributed by atoms with Gasteiger partial charge in [0, 0.05) is 11.6 Å². The molecular formula is C17H16O4. The number of carbonyl (C=O) groups is 1. The Morgan fingerprint density at radius 1 is 1.29 bits per heavy atom. The van der Waals surface area contributed by atoms with Gasteiger partial charge < -0.3 is 14.6 Å². The van der Waals surface area contributed by atoms with E-state index in [1.807, 2.05) is 30.3 Å². The lowest BCUT2D eigenvalue weighted by atomic mass is 9.94. The van der Waals surface area contributed by atoms with E-state index in [0.29, 0.717) is 17.1 Å². The predicted octanol–water partition coefficient (Wildman–Crippen LogP) is 3.42. The monoisotopic (exact) mass is 284 g/mol. The zero-order valence-electron chi connectivity index (χ0n) is 11.9. The summed E-state index contributed by atoms with van der Waals surface area (Å²) in [4.78, 5) is 12.4. The molecule has 0 aliphatic carbocycles. The Morgan fingerprint density at radius 2 is 2.00 bits per heavy atom. The normalized spacial score (nSPS) is 17.0. The van der Waals surface area contributed by atoms with Crippen molar-refractivity contribution in [2.75, 3.05) is 7.11 Å². The molecule has 4 heteroatoms. The van der Waals surface area contributed by atoms with E-state index in [1.165, 1.54) is 7.11 Å². The fourth-order valence-electron chi connectivity index (χ4n) is 2.61. The maximum atomic E-state index is 12.4. The fraction of sp³-hybridized carbons (Fsp3) is 0.235. The number of hydrogen-bond acceptors (Lipinski definition) is 4. The highest BCUT2D eigenvalue weighted by Crippen LogP contribution is 2.44. The molecule has 2 aromatic rings. The Labute approximate surface area is 122 Å². The summed E-state index contributed by atoms with van der Waals surface area (Å²) in [6, 6.07) is 11.2. The van der Waals surface area contributed by atoms with Crippen LogP contribution in [-0.4, -0.2) is 18.0 Å². The van der Waals surface area contributed by atoms with Gasteiger partial charge in [-0.1, -0.05) is 30.3 Å². The zero-order chi connectivity index (χ0) is 15.0. The van der Waals surface area contributed by atoms with E-state index in [1.54, 1.807) is 13.0 Å². The molecule has 108 valence electrons. The van der Waals surface area contributed by atoms with Crippen LogP contribution in [0.1, 0.15) is 34.0 Å². The number of benzene rings is 2. The highest BCUT2D eigenvalue weighted by molar-refractivity contribution is 6.03. The van der Waals surface area contributed by atoms with Crippen LogP contribution in [0.15, 0.2) is 36.4 Å². The number of ketones is 1. The van der Waals surface area contributed by atoms with E-state index in [-0.39, 0.29) is 29.6 Å². The van der Waals surface area contributed by atoms with Crippen molar-refractivity contribution in [3.05, 3.63) is 53.1 Å². The highest BCUT2D eigenvalue weighted by Gasteiger charge is 2.32. The summed E-state index contributed by atoms with van der Waals surface area (Å²) in [5, 5.41) is 10.2. The molecule has 1 heterocycles. The van der Waals surface area contributed by atoms with E-state index in [0.717, 1.165) is 5.56 Å². The van der Waals surface area contributed by atoms with Crippen molar-refractivity contribution in [3.8, 4) is 17.2 Å². The number of rotatable bonds is 2. The van der Waals surface area contributed by atoms with Crippen LogP contribution in [0.4, 0.5) is 0 Å². The second kappa shape index (κ2) is 5.13. The Morgan fingerprint density at radius 3 is 2.67 bits per heavy atom. The van der Waals surface area contributed by atoms with Gasteiger partial charge >= 0.3 is 0 Å². The molecule has 0 saturated heterocycles. The van der Waals surface area contributed by atoms with Crippen LogP contribution in [0.2, 0.25) is 0 Å². The molecule has 0 amide bonds. The Bertz CT molecular complexity index is 692. The molecule has 0 unspecified atom stereocenters. The van der Waals surface area contributed by atoms with E-state index in [9.17, 15) is 9.90 Å². The molecule has 4 nitrogen and oxygen atoms in total. The van der Waals surface area contributed by atoms with Crippen LogP contribution in [-0.2, 0) is 0 Å². The van der Waals surface area contributed by atoms with E-state index < -0.39 is 0 Å². The smallest absolute Gasteiger partial charge is 0.174 e. The number of Topliss-reactive ketones (excluding diaryl/α,β-unsaturated/α-hetero) is 1. The van der Waals surface area contributed by atoms with Gasteiger partial charge in [0.2, 0.25) is 0 Å². The van der Waals surface area contributed by atoms with Gasteiger partial charge in [-0.15, -0.1) is 0 Å². The van der Waals surface area contributed by atoms with Crippen LogP contribution < -0.4 is 9.47 Å². The third-order valence-corrected chi connectivity index (χ3v) is 3.78. The minimum Gasteiger partial charge on any atom is -0.507 e. The molecule has 2 aromatic carbocycles. The van der Waals surface area contributed by atoms with Gasteiger partial charge in [-0.25, -0.2) is 0 Å². The minimum absolute atomic E-state index is 0.0548. The van der Waals surface area contributed by atoms with Gasteiger partial charge in [0.05, 0.1) is 13.5 Å². The number of phenolic OH excluding ortho intramolecular Hbond substituents is 1. The van der Waals surface area contributed by atoms with Crippen LogP contribution in [0.5, 0.6) is 17.2 Å². The second-order valence-electron chi connectivity index (χ2n) is 5.07. The average Bonchev–Trinajstić information content (AvgIpc) is 2.51. The molecule has 0 fully saturated rings. The molecule has 0 aromatic heterocycles. The van der Waals surface area contributed by atoms with Gasteiger partial charge in [-0.05, 0) is 12.5 Å². The number of ether oxygens (including phenoxy) is 2. The van der Waals surface area contributed by atoms with Crippen LogP contribution in [0.25, 0.3) is 0 Å². The molecule has 3 rings (SSSR count). The number of phenols is 1. The first-order valence-electron chi connectivity index (χ1n) is 6.77. The largest absolute Gasteiger partial charge is 0.507 e. The third-order valence-electron chi connectivity index (χ3n) is 3.78. The number of carbonyl (C=O) groups excluding carboxylic acids is 1. The third kappa shape index (κ3) is 2.23. The predicted molar refractivity (Wildman–Crippen MR) is 78.2 cm³/mol. The van der Waals surface area contributed by atoms with Crippen LogP contribution >= 0.6 is 0 Å². The maximum absolute atomic E-state index is 12.4. The highest BCUT2D eigenvalue weighted by atomic mass is 16.5. The van der Waals surface area contributed by atoms with Crippen molar-refractivity contribution in [2.24, 2.45) is 0 Å². The van der Waals surface area contributed by atoms with E-state index >= 15 is 0 Å². The van der Waals surface area contributed by atoms with Gasteiger partial charge in [-0.3, -0.25) is 4.79 Å². The van der Waals surface area contributed by atoms with E-state index in [4.69, 9.17) is 9.47 Å². The maximum Gasteiger partial charge on any atom is 0.174 e. The van der Waals surface area contributed by atoms with Crippen LogP contribution in [0.3, 0.4) is 0 Å². The minimum atomic E-state index is -0.335. The number of methoxy groups -OCH3 is 1. The summed E-state index contributed by atoms with van der Waals surface area (Å²) in [7, 11) is 1.52. The van der Waals surface area contributed by atoms with Gasteiger partial charge in [0.1, 0.15) is 28.9 Å². The topological polar surface area (TPSA) is 55.8 Å².